The Hall–Kier alpha value is -11.1. The molecule has 0 bridgehead atoms. The Labute approximate surface area is 842 Å². The molecule has 26 nitrogen and oxygen atoms in total. The normalized spacial score (nSPS) is 13.7. The summed E-state index contributed by atoms with van der Waals surface area (Å²) in [4.78, 5) is 0.143. The van der Waals surface area contributed by atoms with E-state index in [2.05, 4.69) is 68.0 Å². The number of halogens is 2. The van der Waals surface area contributed by atoms with E-state index in [1.807, 2.05) is 85.8 Å². The lowest BCUT2D eigenvalue weighted by Gasteiger charge is -2.28. The number of nitrogens with zero attached hydrogens (tertiary/aromatic N) is 5. The minimum atomic E-state index is -3.55. The quantitative estimate of drug-likeness (QED) is 0.00906. The minimum absolute atomic E-state index is 0. The average Bonchev–Trinajstić information content (AvgIpc) is 1.15. The number of hydrogen-bond acceptors (Lipinski definition) is 26. The maximum atomic E-state index is 10.7. The number of alkyl halides is 1. The molecule has 0 aromatic heterocycles. The summed E-state index contributed by atoms with van der Waals surface area (Å²) in [5, 5.41) is 85.4. The van der Waals surface area contributed by atoms with Crippen LogP contribution in [0.2, 0.25) is 0 Å². The lowest BCUT2D eigenvalue weighted by Crippen LogP contribution is -2.28. The molecule has 11 rings (SSSR count). The van der Waals surface area contributed by atoms with Crippen molar-refractivity contribution in [3.8, 4) is 87.8 Å². The number of nitriles is 5. The van der Waals surface area contributed by atoms with Gasteiger partial charge in [-0.1, -0.05) is 111 Å². The van der Waals surface area contributed by atoms with Crippen molar-refractivity contribution < 1.29 is 99.9 Å². The van der Waals surface area contributed by atoms with Gasteiger partial charge in [0.25, 0.3) is 9.05 Å². The highest BCUT2D eigenvalue weighted by Crippen LogP contribution is 2.45. The molecule has 6 aromatic carbocycles. The van der Waals surface area contributed by atoms with Crippen LogP contribution in [0, 0.1) is 63.6 Å². The van der Waals surface area contributed by atoms with Crippen molar-refractivity contribution in [3.05, 3.63) is 213 Å². The van der Waals surface area contributed by atoms with Gasteiger partial charge in [0.1, 0.15) is 6.61 Å². The number of ether oxygens (including phenoxy) is 15. The van der Waals surface area contributed by atoms with E-state index in [1.165, 1.54) is 108 Å². The Morgan fingerprint density at radius 3 is 0.770 bits per heavy atom. The summed E-state index contributed by atoms with van der Waals surface area (Å²) in [5.41, 5.74) is 1.88. The van der Waals surface area contributed by atoms with Crippen LogP contribution in [-0.4, -0.2) is 169 Å². The van der Waals surface area contributed by atoms with Gasteiger partial charge in [-0.3, -0.25) is 0 Å². The second kappa shape index (κ2) is 71.4. The van der Waals surface area contributed by atoms with Crippen LogP contribution in [0.15, 0.2) is 184 Å². The van der Waals surface area contributed by atoms with E-state index in [-0.39, 0.29) is 120 Å². The lowest BCUT2D eigenvalue weighted by molar-refractivity contribution is 0.186. The third-order valence-corrected chi connectivity index (χ3v) is 25.6. The maximum absolute atomic E-state index is 10.7. The summed E-state index contributed by atoms with van der Waals surface area (Å²) < 4.78 is 105. The lowest BCUT2D eigenvalue weighted by atomic mass is 9.76. The fourth-order valence-electron chi connectivity index (χ4n) is 16.4. The summed E-state index contributed by atoms with van der Waals surface area (Å²) in [7, 11) is 9.62. The molecule has 5 aliphatic carbocycles. The van der Waals surface area contributed by atoms with Crippen LogP contribution in [-0.2, 0) is 60.8 Å². The minimum Gasteiger partial charge on any atom is -0.502 e. The predicted molar refractivity (Wildman–Crippen MR) is 552 cm³/mol. The molecule has 4 N–H and O–H groups in total. The third-order valence-electron chi connectivity index (χ3n) is 24.0. The molecule has 0 saturated heterocycles. The van der Waals surface area contributed by atoms with Gasteiger partial charge in [0.15, 0.2) is 57.5 Å². The van der Waals surface area contributed by atoms with Crippen molar-refractivity contribution in [2.45, 2.75) is 280 Å². The van der Waals surface area contributed by atoms with Crippen LogP contribution in [0.3, 0.4) is 0 Å². The highest BCUT2D eigenvalue weighted by molar-refractivity contribution is 8.13. The molecule has 6 aromatic rings. The van der Waals surface area contributed by atoms with Gasteiger partial charge in [-0.25, -0.2) is 8.42 Å². The molecule has 765 valence electrons. The number of aliphatic hydroxyl groups is 4. The van der Waals surface area contributed by atoms with Gasteiger partial charge in [0, 0.05) is 71.2 Å². The fourth-order valence-corrected chi connectivity index (χ4v) is 17.3. The second-order valence-electron chi connectivity index (χ2n) is 32.7. The largest absolute Gasteiger partial charge is 0.502 e. The summed E-state index contributed by atoms with van der Waals surface area (Å²) >= 11 is 5.21. The van der Waals surface area contributed by atoms with Crippen LogP contribution in [0.4, 0.5) is 0 Å². The Morgan fingerprint density at radius 1 is 0.353 bits per heavy atom. The summed E-state index contributed by atoms with van der Waals surface area (Å²) in [6, 6.07) is 46.0. The number of rotatable bonds is 48. The first-order valence-corrected chi connectivity index (χ1v) is 48.7. The highest BCUT2D eigenvalue weighted by Gasteiger charge is 2.38. The predicted octanol–water partition coefficient (Wildman–Crippen LogP) is 23.4. The van der Waals surface area contributed by atoms with Crippen molar-refractivity contribution in [2.24, 2.45) is 0 Å². The zero-order chi connectivity index (χ0) is 97.9. The standard InChI is InChI=1S/2C22H29NO4.2C18H25NO4.C14H17NO2.C7H7ClO2S.C4H7ClO.4CH4.B/c2*1-4-25-14-12-22(17-23,13-15-26-5-2)18-10-11-20(24-3)21(16-18)27-19-8-6-7-9-19;2*1-22-16-7-6-14(18(13-19,8-10-20)9-11-21)12-17(16)23-15-4-2-3-5-15;1-16-13-7-6-11(8-9-15)10-14(13)17-12-4-2-3-5-12;1-6-2-4-7(5-3-6)11(8,9)10;1-2-6-4-3-5;;;;;/h2*4-5,10-11,16,19H,1-2,6-9,12-15H2,3H3;2*6-7,12,15,20-21H,2-5,8-11H2,1H3;6-7,10,12H,2-5,8H2,1H3;2-5H,1H3;2H,1,3-4H2;4*1H4;. The molecule has 30 heteroatoms. The molecule has 0 spiro atoms. The van der Waals surface area contributed by atoms with Crippen LogP contribution in [0.1, 0.15) is 243 Å². The van der Waals surface area contributed by atoms with Gasteiger partial charge in [-0.15, -0.1) is 11.6 Å². The van der Waals surface area contributed by atoms with Crippen molar-refractivity contribution in [1.82, 2.24) is 0 Å². The monoisotopic (exact) mass is 1980 g/mol. The molecular formula is C109H155BCl2N5O21S. The van der Waals surface area contributed by atoms with Gasteiger partial charge in [0.05, 0.1) is 193 Å². The number of aryl methyl sites for hydroxylation is 1. The third kappa shape index (κ3) is 42.1. The number of hydrogen-bond donors (Lipinski definition) is 4. The van der Waals surface area contributed by atoms with E-state index in [0.29, 0.717) is 123 Å². The second-order valence-corrected chi connectivity index (χ2v) is 35.6. The Bertz CT molecular complexity index is 4550. The number of aliphatic hydroxyl groups excluding tert-OH is 4. The number of methoxy groups -OCH3 is 5. The molecule has 0 atom stereocenters. The molecule has 5 aliphatic rings. The van der Waals surface area contributed by atoms with Gasteiger partial charge < -0.3 is 91.5 Å². The first-order valence-electron chi connectivity index (χ1n) is 45.9. The Morgan fingerprint density at radius 2 is 0.576 bits per heavy atom. The highest BCUT2D eigenvalue weighted by atomic mass is 35.7. The van der Waals surface area contributed by atoms with Gasteiger partial charge in [-0.2, -0.15) is 26.3 Å². The number of benzene rings is 6. The first-order chi connectivity index (χ1) is 65.0. The van der Waals surface area contributed by atoms with E-state index < -0.39 is 30.7 Å². The Balaban J connectivity index is 0.00000164. The zero-order valence-corrected chi connectivity index (χ0v) is 81.9. The molecule has 0 heterocycles. The van der Waals surface area contributed by atoms with Gasteiger partial charge in [0.2, 0.25) is 0 Å². The molecule has 0 aliphatic heterocycles. The smallest absolute Gasteiger partial charge is 0.261 e. The summed E-state index contributed by atoms with van der Waals surface area (Å²) in [6.07, 6.45) is 34.1. The van der Waals surface area contributed by atoms with Crippen LogP contribution < -0.4 is 47.4 Å². The van der Waals surface area contributed by atoms with Crippen LogP contribution in [0.5, 0.6) is 57.5 Å². The fraction of sp³-hybridized carbons (Fsp3) is 0.532. The molecule has 0 amide bonds. The van der Waals surface area contributed by atoms with E-state index in [9.17, 15) is 49.9 Å². The van der Waals surface area contributed by atoms with E-state index in [4.69, 9.17) is 93.9 Å². The maximum Gasteiger partial charge on any atom is 0.261 e. The van der Waals surface area contributed by atoms with Crippen molar-refractivity contribution >= 4 is 39.7 Å². The average molecular weight is 1990 g/mol. The van der Waals surface area contributed by atoms with E-state index in [0.717, 1.165) is 109 Å². The topological polar surface area (TPSA) is 372 Å². The first kappa shape index (κ1) is 128. The Kier molecular flexibility index (Phi) is 65.7. The molecule has 139 heavy (non-hydrogen) atoms. The van der Waals surface area contributed by atoms with Gasteiger partial charge in [-0.05, 0) is 262 Å². The van der Waals surface area contributed by atoms with E-state index in [1.54, 1.807) is 59.8 Å². The van der Waals surface area contributed by atoms with E-state index >= 15 is 0 Å². The van der Waals surface area contributed by atoms with Crippen LogP contribution in [0.25, 0.3) is 0 Å². The molecule has 5 fully saturated rings. The zero-order valence-electron chi connectivity index (χ0n) is 79.6. The molecule has 0 unspecified atom stereocenters. The van der Waals surface area contributed by atoms with Gasteiger partial charge >= 0.3 is 0 Å². The molecule has 3 radical (unpaired) electrons. The molecule has 5 saturated carbocycles. The van der Waals surface area contributed by atoms with Crippen LogP contribution >= 0.6 is 22.3 Å². The SMILES string of the molecule is C.C.C.C.C=COCCC(C#N)(CCOC=C)c1ccc(OC)c(OC2CCCC2)c1.C=COCCC(C#N)(CCOC=C)c1ccc(OC)c(OC2CCCC2)c1.C=COCCCl.COc1ccc(C(C#N)(CCO)CCO)cc1OC1CCCC1.COc1ccc(C(C#N)(CCO)CCO)cc1OC1CCCC1.COc1ccc(CC#N)cc1OC1CCCC1.Cc1ccc(S(=O)(=O)Cl)cc1.[B]. The van der Waals surface area contributed by atoms with Crippen molar-refractivity contribution in [1.29, 1.82) is 26.3 Å². The van der Waals surface area contributed by atoms with Crippen molar-refractivity contribution in [2.75, 3.05) is 101 Å². The summed E-state index contributed by atoms with van der Waals surface area (Å²) in [6.45, 7) is 21.2. The van der Waals surface area contributed by atoms with Crippen molar-refractivity contribution in [3.63, 3.8) is 0 Å². The summed E-state index contributed by atoms with van der Waals surface area (Å²) in [5.74, 6) is 7.34. The molecular weight excluding hydrogens is 1830 g/mol.